The van der Waals surface area contributed by atoms with Crippen LogP contribution in [0.1, 0.15) is 129 Å². The van der Waals surface area contributed by atoms with Gasteiger partial charge in [-0.2, -0.15) is 0 Å². The van der Waals surface area contributed by atoms with Crippen molar-refractivity contribution in [3.63, 3.8) is 0 Å². The van der Waals surface area contributed by atoms with E-state index in [1.807, 2.05) is 0 Å². The summed E-state index contributed by atoms with van der Waals surface area (Å²) in [4.78, 5) is 0. The summed E-state index contributed by atoms with van der Waals surface area (Å²) in [5.41, 5.74) is 9.45. The van der Waals surface area contributed by atoms with Crippen molar-refractivity contribution in [3.05, 3.63) is 69.8 Å². The first-order valence-corrected chi connectivity index (χ1v) is 12.1. The minimum atomic E-state index is 0.110. The molecule has 0 fully saturated rings. The summed E-state index contributed by atoms with van der Waals surface area (Å²) in [6.45, 7) is 30.5. The number of hydrogen-bond acceptors (Lipinski definition) is 0. The molecule has 0 heterocycles. The molecule has 0 N–H and O–H groups in total. The lowest BCUT2D eigenvalue weighted by Crippen LogP contribution is -2.27. The maximum Gasteiger partial charge on any atom is -0.0126 e. The molecule has 0 aliphatic heterocycles. The first-order chi connectivity index (χ1) is 13.8. The highest BCUT2D eigenvalue weighted by Crippen LogP contribution is 2.42. The number of rotatable bonds is 3. The van der Waals surface area contributed by atoms with Gasteiger partial charge in [0.15, 0.2) is 0 Å². The highest BCUT2D eigenvalue weighted by Gasteiger charge is 2.31. The predicted octanol–water partition coefficient (Wildman–Crippen LogP) is 9.22. The van der Waals surface area contributed by atoms with Crippen molar-refractivity contribution in [2.45, 2.75) is 124 Å². The highest BCUT2D eigenvalue weighted by molar-refractivity contribution is 5.50. The minimum absolute atomic E-state index is 0.110. The third-order valence-corrected chi connectivity index (χ3v) is 6.49. The van der Waals surface area contributed by atoms with E-state index in [4.69, 9.17) is 0 Å². The minimum Gasteiger partial charge on any atom is -0.0587 e. The van der Waals surface area contributed by atoms with E-state index in [2.05, 4.69) is 126 Å². The molecule has 172 valence electrons. The van der Waals surface area contributed by atoms with Gasteiger partial charge < -0.3 is 0 Å². The van der Waals surface area contributed by atoms with Gasteiger partial charge >= 0.3 is 0 Å². The Morgan fingerprint density at radius 1 is 0.581 bits per heavy atom. The zero-order chi connectivity index (χ0) is 24.0. The quantitative estimate of drug-likeness (QED) is 0.464. The third kappa shape index (κ3) is 6.24. The predicted molar refractivity (Wildman–Crippen MR) is 140 cm³/mol. The van der Waals surface area contributed by atoms with Gasteiger partial charge in [-0.25, -0.2) is 0 Å². The van der Waals surface area contributed by atoms with Crippen molar-refractivity contribution in [1.82, 2.24) is 0 Å². The van der Waals surface area contributed by atoms with Crippen molar-refractivity contribution in [3.8, 4) is 0 Å². The zero-order valence-electron chi connectivity index (χ0n) is 22.7. The van der Waals surface area contributed by atoms with Crippen molar-refractivity contribution >= 4 is 0 Å². The molecule has 0 bridgehead atoms. The van der Waals surface area contributed by atoms with E-state index in [0.29, 0.717) is 5.92 Å². The van der Waals surface area contributed by atoms with Crippen molar-refractivity contribution in [2.24, 2.45) is 0 Å². The van der Waals surface area contributed by atoms with Crippen LogP contribution in [0.4, 0.5) is 0 Å². The number of benzene rings is 2. The van der Waals surface area contributed by atoms with E-state index in [0.717, 1.165) is 6.42 Å². The smallest absolute Gasteiger partial charge is 0.0126 e. The summed E-state index contributed by atoms with van der Waals surface area (Å²) < 4.78 is 0. The molecule has 1 unspecified atom stereocenters. The Bertz CT molecular complexity index is 882. The molecular formula is C31H48. The summed E-state index contributed by atoms with van der Waals surface area (Å²) in [6.07, 6.45) is 1.07. The van der Waals surface area contributed by atoms with Crippen LogP contribution in [0, 0.1) is 0 Å². The molecule has 0 saturated carbocycles. The second-order valence-corrected chi connectivity index (χ2v) is 13.8. The van der Waals surface area contributed by atoms with Crippen LogP contribution in [0.15, 0.2) is 36.4 Å². The van der Waals surface area contributed by atoms with E-state index in [1.165, 1.54) is 27.8 Å². The molecule has 2 rings (SSSR count). The Balaban J connectivity index is 2.62. The summed E-state index contributed by atoms with van der Waals surface area (Å²) in [6, 6.07) is 14.3. The molecule has 0 aromatic heterocycles. The van der Waals surface area contributed by atoms with Crippen LogP contribution in [0.5, 0.6) is 0 Å². The monoisotopic (exact) mass is 420 g/mol. The van der Waals surface area contributed by atoms with Crippen molar-refractivity contribution < 1.29 is 0 Å². The molecule has 2 aromatic rings. The molecule has 31 heavy (non-hydrogen) atoms. The summed E-state index contributed by atoms with van der Waals surface area (Å²) in [7, 11) is 0. The van der Waals surface area contributed by atoms with Gasteiger partial charge in [-0.15, -0.1) is 0 Å². The molecule has 0 aliphatic carbocycles. The molecule has 0 spiro atoms. The van der Waals surface area contributed by atoms with Crippen molar-refractivity contribution in [2.75, 3.05) is 0 Å². The lowest BCUT2D eigenvalue weighted by Gasteiger charge is -2.36. The summed E-state index contributed by atoms with van der Waals surface area (Å²) in [5.74, 6) is 0.470. The largest absolute Gasteiger partial charge is 0.0587 e. The molecular weight excluding hydrogens is 372 g/mol. The van der Waals surface area contributed by atoms with E-state index in [-0.39, 0.29) is 21.7 Å². The SMILES string of the molecule is CC(Cc1ccc(C(C)(C)C)cc1)c1cc(C(C)(C)C)cc(C(C)(C)C)c1C(C)(C)C. The van der Waals surface area contributed by atoms with E-state index < -0.39 is 0 Å². The number of hydrogen-bond donors (Lipinski definition) is 0. The topological polar surface area (TPSA) is 0 Å². The Hall–Kier alpha value is -1.56. The highest BCUT2D eigenvalue weighted by atomic mass is 14.4. The van der Waals surface area contributed by atoms with Gasteiger partial charge in [0.05, 0.1) is 0 Å². The zero-order valence-corrected chi connectivity index (χ0v) is 22.7. The van der Waals surface area contributed by atoms with Gasteiger partial charge in [0.2, 0.25) is 0 Å². The average Bonchev–Trinajstić information content (AvgIpc) is 2.58. The van der Waals surface area contributed by atoms with Gasteiger partial charge in [0.25, 0.3) is 0 Å². The molecule has 0 radical (unpaired) electrons. The summed E-state index contributed by atoms with van der Waals surface area (Å²) >= 11 is 0. The van der Waals surface area contributed by atoms with Gasteiger partial charge in [-0.05, 0) is 67.4 Å². The van der Waals surface area contributed by atoms with Crippen LogP contribution >= 0.6 is 0 Å². The second-order valence-electron chi connectivity index (χ2n) is 13.8. The normalized spacial score (nSPS) is 14.6. The van der Waals surface area contributed by atoms with Gasteiger partial charge in [0, 0.05) is 0 Å². The molecule has 0 aliphatic rings. The van der Waals surface area contributed by atoms with Crippen LogP contribution in [0.25, 0.3) is 0 Å². The Morgan fingerprint density at radius 3 is 1.45 bits per heavy atom. The first-order valence-electron chi connectivity index (χ1n) is 12.1. The van der Waals surface area contributed by atoms with E-state index in [1.54, 1.807) is 5.56 Å². The van der Waals surface area contributed by atoms with Crippen LogP contribution in [-0.2, 0) is 28.1 Å². The lowest BCUT2D eigenvalue weighted by atomic mass is 9.68. The summed E-state index contributed by atoms with van der Waals surface area (Å²) in [5, 5.41) is 0. The lowest BCUT2D eigenvalue weighted by molar-refractivity contribution is 0.511. The molecule has 2 aromatic carbocycles. The standard InChI is InChI=1S/C31H48/c1-21(18-22-14-16-23(17-15-22)28(2,3)4)25-19-24(29(5,6)7)20-26(30(8,9)10)27(25)31(11,12)13/h14-17,19-21H,18H2,1-13H3. The van der Waals surface area contributed by atoms with Crippen LogP contribution in [0.2, 0.25) is 0 Å². The van der Waals surface area contributed by atoms with E-state index >= 15 is 0 Å². The van der Waals surface area contributed by atoms with Crippen molar-refractivity contribution in [1.29, 1.82) is 0 Å². The molecule has 0 heteroatoms. The molecule has 1 atom stereocenters. The van der Waals surface area contributed by atoms with E-state index in [9.17, 15) is 0 Å². The maximum atomic E-state index is 2.52. The van der Waals surface area contributed by atoms with Crippen LogP contribution in [-0.4, -0.2) is 0 Å². The molecule has 0 nitrogen and oxygen atoms in total. The fourth-order valence-electron chi connectivity index (χ4n) is 4.52. The average molecular weight is 421 g/mol. The second kappa shape index (κ2) is 8.42. The third-order valence-electron chi connectivity index (χ3n) is 6.49. The van der Waals surface area contributed by atoms with Gasteiger partial charge in [-0.3, -0.25) is 0 Å². The Kier molecular flexibility index (Phi) is 6.98. The molecule has 0 saturated heterocycles. The fourth-order valence-corrected chi connectivity index (χ4v) is 4.52. The first kappa shape index (κ1) is 25.7. The maximum absolute atomic E-state index is 2.52. The van der Waals surface area contributed by atoms with Crippen LogP contribution in [0.3, 0.4) is 0 Å². The Morgan fingerprint density at radius 2 is 1.06 bits per heavy atom. The fraction of sp³-hybridized carbons (Fsp3) is 0.613. The molecule has 0 amide bonds. The van der Waals surface area contributed by atoms with Crippen LogP contribution < -0.4 is 0 Å². The van der Waals surface area contributed by atoms with Gasteiger partial charge in [-0.1, -0.05) is 126 Å². The Labute approximate surface area is 193 Å². The van der Waals surface area contributed by atoms with Gasteiger partial charge in [0.1, 0.15) is 0 Å².